The van der Waals surface area contributed by atoms with Gasteiger partial charge < -0.3 is 19.0 Å². The van der Waals surface area contributed by atoms with E-state index in [2.05, 4.69) is 59.0 Å². The van der Waals surface area contributed by atoms with Crippen LogP contribution < -0.4 is 0 Å². The van der Waals surface area contributed by atoms with Gasteiger partial charge in [0.15, 0.2) is 5.78 Å². The summed E-state index contributed by atoms with van der Waals surface area (Å²) >= 11 is 4.27. The first-order chi connectivity index (χ1) is 21.1. The van der Waals surface area contributed by atoms with Crippen molar-refractivity contribution in [3.63, 3.8) is 0 Å². The first kappa shape index (κ1) is 30.6. The molecular formula is C35H32I2N4O3. The second kappa shape index (κ2) is 12.2. The van der Waals surface area contributed by atoms with Crippen LogP contribution >= 0.6 is 45.2 Å². The van der Waals surface area contributed by atoms with E-state index >= 15 is 4.79 Å². The van der Waals surface area contributed by atoms with Crippen molar-refractivity contribution in [1.29, 1.82) is 0 Å². The molecule has 4 aromatic heterocycles. The highest BCUT2D eigenvalue weighted by atomic mass is 127. The Morgan fingerprint density at radius 3 is 1.50 bits per heavy atom. The van der Waals surface area contributed by atoms with E-state index in [0.717, 1.165) is 45.2 Å². The van der Waals surface area contributed by atoms with E-state index in [1.807, 2.05) is 95.7 Å². The molecule has 6 aromatic rings. The Morgan fingerprint density at radius 2 is 1.14 bits per heavy atom. The molecule has 0 saturated heterocycles. The number of nitrogens with zero attached hydrogens (tertiary/aromatic N) is 4. The molecule has 0 spiro atoms. The molecule has 44 heavy (non-hydrogen) atoms. The van der Waals surface area contributed by atoms with E-state index in [-0.39, 0.29) is 17.3 Å². The van der Waals surface area contributed by atoms with E-state index in [1.54, 1.807) is 0 Å². The van der Waals surface area contributed by atoms with Gasteiger partial charge in [-0.1, -0.05) is 38.1 Å². The fourth-order valence-corrected chi connectivity index (χ4v) is 7.77. The lowest BCUT2D eigenvalue weighted by Gasteiger charge is -2.26. The molecule has 2 aromatic carbocycles. The third-order valence-electron chi connectivity index (χ3n) is 8.29. The fourth-order valence-electron chi connectivity index (χ4n) is 6.20. The van der Waals surface area contributed by atoms with Gasteiger partial charge in [0.25, 0.3) is 0 Å². The molecule has 0 aliphatic carbocycles. The molecule has 0 fully saturated rings. The monoisotopic (exact) mass is 810 g/mol. The predicted molar refractivity (Wildman–Crippen MR) is 189 cm³/mol. The number of halogens is 2. The summed E-state index contributed by atoms with van der Waals surface area (Å²) in [6.45, 7) is 7.84. The average molecular weight is 810 g/mol. The van der Waals surface area contributed by atoms with E-state index in [4.69, 9.17) is 9.97 Å². The van der Waals surface area contributed by atoms with Crippen LogP contribution in [0.25, 0.3) is 11.3 Å². The highest BCUT2D eigenvalue weighted by Crippen LogP contribution is 2.42. The number of carbonyl (C=O) groups excluding carboxylic acids is 1. The molecule has 6 rings (SSSR count). The van der Waals surface area contributed by atoms with Gasteiger partial charge in [-0.3, -0.25) is 4.79 Å². The van der Waals surface area contributed by atoms with E-state index in [1.165, 1.54) is 0 Å². The number of hydrogen-bond acceptors (Lipinski definition) is 5. The number of fused-ring (bicyclic) bond motifs is 2. The molecule has 2 atom stereocenters. The van der Waals surface area contributed by atoms with Crippen molar-refractivity contribution in [1.82, 2.24) is 18.8 Å². The number of rotatable bonds is 8. The Hall–Kier alpha value is -3.45. The Bertz CT molecular complexity index is 1870. The minimum atomic E-state index is -0.717. The van der Waals surface area contributed by atoms with Crippen molar-refractivity contribution in [2.24, 2.45) is 0 Å². The van der Waals surface area contributed by atoms with Crippen molar-refractivity contribution in [2.75, 3.05) is 0 Å². The standard InChI is InChI=1S/C35H32I2N4O3/c1-5-25-31(40-13-9-7-11-27(40)38-25)29(21-15-19(3)33(42)23(36)17-21)35(44)30(22-16-20(4)34(43)24(37)18-22)32-26(6-2)39-28-12-8-10-14-41(28)32/h7-18,29-30,42-43H,5-6H2,1-4H3. The zero-order chi connectivity index (χ0) is 31.3. The van der Waals surface area contributed by atoms with Gasteiger partial charge >= 0.3 is 0 Å². The third-order valence-corrected chi connectivity index (χ3v) is 9.94. The van der Waals surface area contributed by atoms with Gasteiger partial charge in [0.05, 0.1) is 41.8 Å². The number of pyridine rings is 2. The van der Waals surface area contributed by atoms with Gasteiger partial charge in [0, 0.05) is 12.4 Å². The van der Waals surface area contributed by atoms with Crippen molar-refractivity contribution >= 4 is 62.3 Å². The number of hydrogen-bond donors (Lipinski definition) is 2. The maximum absolute atomic E-state index is 15.7. The van der Waals surface area contributed by atoms with Crippen molar-refractivity contribution in [3.05, 3.63) is 125 Å². The molecule has 0 radical (unpaired) electrons. The van der Waals surface area contributed by atoms with Gasteiger partial charge in [-0.05, 0) is 131 Å². The number of ketones is 1. The molecule has 4 heterocycles. The SMILES string of the molecule is CCc1nc2ccccn2c1C(C(=O)C(c1cc(C)c(O)c(I)c1)c1c(CC)nc2ccccn12)c1cc(C)c(O)c(I)c1. The minimum Gasteiger partial charge on any atom is -0.507 e. The summed E-state index contributed by atoms with van der Waals surface area (Å²) in [5.74, 6) is -1.04. The lowest BCUT2D eigenvalue weighted by Crippen LogP contribution is -2.27. The lowest BCUT2D eigenvalue weighted by molar-refractivity contribution is -0.120. The summed E-state index contributed by atoms with van der Waals surface area (Å²) in [5.41, 5.74) is 7.86. The van der Waals surface area contributed by atoms with Gasteiger partial charge in [-0.25, -0.2) is 9.97 Å². The van der Waals surface area contributed by atoms with Crippen LogP contribution in [-0.4, -0.2) is 34.8 Å². The van der Waals surface area contributed by atoms with Crippen LogP contribution in [0.15, 0.2) is 73.1 Å². The van der Waals surface area contributed by atoms with Crippen LogP contribution in [0.5, 0.6) is 11.5 Å². The van der Waals surface area contributed by atoms with Crippen LogP contribution in [0.2, 0.25) is 0 Å². The van der Waals surface area contributed by atoms with Crippen molar-refractivity contribution in [3.8, 4) is 11.5 Å². The number of Topliss-reactive ketones (excluding diaryl/α,β-unsaturated/α-hetero) is 1. The Balaban J connectivity index is 1.71. The van der Waals surface area contributed by atoms with Gasteiger partial charge in [0.1, 0.15) is 22.8 Å². The summed E-state index contributed by atoms with van der Waals surface area (Å²) in [5, 5.41) is 21.4. The van der Waals surface area contributed by atoms with Gasteiger partial charge in [-0.15, -0.1) is 0 Å². The number of aromatic nitrogens is 4. The number of phenols is 2. The Labute approximate surface area is 283 Å². The van der Waals surface area contributed by atoms with Crippen molar-refractivity contribution in [2.45, 2.75) is 52.4 Å². The van der Waals surface area contributed by atoms with Gasteiger partial charge in [0.2, 0.25) is 0 Å². The molecule has 0 amide bonds. The zero-order valence-electron chi connectivity index (χ0n) is 24.8. The molecule has 0 saturated carbocycles. The second-order valence-corrected chi connectivity index (χ2v) is 13.4. The number of imidazole rings is 2. The first-order valence-corrected chi connectivity index (χ1v) is 16.7. The molecule has 224 valence electrons. The average Bonchev–Trinajstić information content (AvgIpc) is 3.57. The fraction of sp³-hybridized carbons (Fsp3) is 0.229. The van der Waals surface area contributed by atoms with Crippen molar-refractivity contribution < 1.29 is 15.0 Å². The first-order valence-electron chi connectivity index (χ1n) is 14.6. The minimum absolute atomic E-state index is 0.0347. The molecule has 0 bridgehead atoms. The van der Waals surface area contributed by atoms with Crippen LogP contribution in [0.4, 0.5) is 0 Å². The summed E-state index contributed by atoms with van der Waals surface area (Å²) < 4.78 is 5.40. The highest BCUT2D eigenvalue weighted by molar-refractivity contribution is 14.1. The number of phenolic OH excluding ortho intramolecular Hbond substituents is 2. The number of benzene rings is 2. The number of carbonyl (C=O) groups is 1. The normalized spacial score (nSPS) is 13.0. The van der Waals surface area contributed by atoms with Crippen LogP contribution in [0, 0.1) is 21.0 Å². The summed E-state index contributed by atoms with van der Waals surface area (Å²) in [6, 6.07) is 19.4. The molecular weight excluding hydrogens is 778 g/mol. The molecule has 0 aliphatic heterocycles. The highest BCUT2D eigenvalue weighted by Gasteiger charge is 2.39. The van der Waals surface area contributed by atoms with Crippen LogP contribution in [0.3, 0.4) is 0 Å². The zero-order valence-corrected chi connectivity index (χ0v) is 29.2. The quantitative estimate of drug-likeness (QED) is 0.153. The molecule has 2 unspecified atom stereocenters. The summed E-state index contributed by atoms with van der Waals surface area (Å²) in [6.07, 6.45) is 5.21. The lowest BCUT2D eigenvalue weighted by atomic mass is 9.78. The summed E-state index contributed by atoms with van der Waals surface area (Å²) in [4.78, 5) is 25.6. The summed E-state index contributed by atoms with van der Waals surface area (Å²) in [7, 11) is 0. The maximum atomic E-state index is 15.7. The number of aromatic hydroxyl groups is 2. The predicted octanol–water partition coefficient (Wildman–Crippen LogP) is 7.88. The van der Waals surface area contributed by atoms with E-state index in [0.29, 0.717) is 31.1 Å². The smallest absolute Gasteiger partial charge is 0.159 e. The van der Waals surface area contributed by atoms with Crippen LogP contribution in [-0.2, 0) is 17.6 Å². The molecule has 0 aliphatic rings. The topological polar surface area (TPSA) is 92.1 Å². The van der Waals surface area contributed by atoms with Crippen LogP contribution in [0.1, 0.15) is 70.7 Å². The van der Waals surface area contributed by atoms with E-state index < -0.39 is 11.8 Å². The molecule has 7 nitrogen and oxygen atoms in total. The van der Waals surface area contributed by atoms with E-state index in [9.17, 15) is 10.2 Å². The Kier molecular flexibility index (Phi) is 8.44. The molecule has 9 heteroatoms. The number of aryl methyl sites for hydroxylation is 4. The van der Waals surface area contributed by atoms with Gasteiger partial charge in [-0.2, -0.15) is 0 Å². The largest absolute Gasteiger partial charge is 0.507 e. The Morgan fingerprint density at radius 1 is 0.727 bits per heavy atom. The maximum Gasteiger partial charge on any atom is 0.159 e. The second-order valence-electron chi connectivity index (χ2n) is 11.1. The molecule has 2 N–H and O–H groups in total. The third kappa shape index (κ3) is 5.17.